The van der Waals surface area contributed by atoms with Gasteiger partial charge in [-0.2, -0.15) is 10.1 Å². The fourth-order valence-electron chi connectivity index (χ4n) is 2.84. The topological polar surface area (TPSA) is 113 Å². The van der Waals surface area contributed by atoms with Gasteiger partial charge in [0, 0.05) is 29.2 Å². The molecular weight excluding hydrogens is 373 g/mol. The number of rotatable bonds is 4. The van der Waals surface area contributed by atoms with Crippen LogP contribution in [-0.4, -0.2) is 35.3 Å². The molecule has 0 aliphatic heterocycles. The minimum atomic E-state index is -4.10. The van der Waals surface area contributed by atoms with Gasteiger partial charge in [0.15, 0.2) is 5.65 Å². The Kier molecular flexibility index (Phi) is 4.01. The van der Waals surface area contributed by atoms with Crippen LogP contribution in [-0.2, 0) is 16.6 Å². The summed E-state index contributed by atoms with van der Waals surface area (Å²) in [5.41, 5.74) is 1.76. The second kappa shape index (κ2) is 6.25. The highest BCUT2D eigenvalue weighted by molar-refractivity contribution is 7.89. The maximum absolute atomic E-state index is 14.0. The van der Waals surface area contributed by atoms with E-state index in [4.69, 9.17) is 9.88 Å². The Morgan fingerprint density at radius 1 is 1.26 bits per heavy atom. The molecule has 138 valence electrons. The number of sulfonamides is 1. The standard InChI is InChI=1S/C17H14FN5O3S/c1-26-15-5-3-12-16-11(7-20-17(12)21-15)9-23(22-16)8-10-2-4-14(13(18)6-10)27(19,24)25/h2-7,9H,8H2,1H3,(H2,19,24,25). The average Bonchev–Trinajstić information content (AvgIpc) is 3.03. The maximum Gasteiger partial charge on any atom is 0.240 e. The highest BCUT2D eigenvalue weighted by Gasteiger charge is 2.15. The number of halogens is 1. The lowest BCUT2D eigenvalue weighted by Crippen LogP contribution is -2.14. The number of ether oxygens (including phenoxy) is 1. The Labute approximate surface area is 153 Å². The van der Waals surface area contributed by atoms with Gasteiger partial charge in [0.1, 0.15) is 16.2 Å². The lowest BCUT2D eigenvalue weighted by molar-refractivity contribution is 0.399. The van der Waals surface area contributed by atoms with Crippen LogP contribution in [0.1, 0.15) is 5.56 Å². The molecular formula is C17H14FN5O3S. The Bertz CT molecular complexity index is 1290. The van der Waals surface area contributed by atoms with E-state index in [1.54, 1.807) is 23.1 Å². The Morgan fingerprint density at radius 2 is 2.07 bits per heavy atom. The number of fused-ring (bicyclic) bond motifs is 3. The number of pyridine rings is 2. The third kappa shape index (κ3) is 3.20. The van der Waals surface area contributed by atoms with Crippen molar-refractivity contribution in [1.82, 2.24) is 19.7 Å². The van der Waals surface area contributed by atoms with Gasteiger partial charge < -0.3 is 4.74 Å². The Balaban J connectivity index is 1.72. The number of benzene rings is 1. The molecule has 0 saturated heterocycles. The van der Waals surface area contributed by atoms with Gasteiger partial charge in [-0.3, -0.25) is 4.68 Å². The lowest BCUT2D eigenvalue weighted by Gasteiger charge is -2.05. The van der Waals surface area contributed by atoms with Crippen molar-refractivity contribution in [3.63, 3.8) is 0 Å². The van der Waals surface area contributed by atoms with Crippen molar-refractivity contribution in [2.45, 2.75) is 11.4 Å². The normalized spacial score (nSPS) is 12.0. The second-order valence-electron chi connectivity index (χ2n) is 5.92. The van der Waals surface area contributed by atoms with Gasteiger partial charge >= 0.3 is 0 Å². The van der Waals surface area contributed by atoms with E-state index in [9.17, 15) is 12.8 Å². The molecule has 0 atom stereocenters. The average molecular weight is 387 g/mol. The van der Waals surface area contributed by atoms with E-state index in [1.165, 1.54) is 13.2 Å². The maximum atomic E-state index is 14.0. The van der Waals surface area contributed by atoms with Crippen LogP contribution < -0.4 is 9.88 Å². The molecule has 4 aromatic rings. The summed E-state index contributed by atoms with van der Waals surface area (Å²) in [5, 5.41) is 11.1. The molecule has 0 aliphatic rings. The van der Waals surface area contributed by atoms with E-state index in [0.717, 1.165) is 22.9 Å². The van der Waals surface area contributed by atoms with Crippen molar-refractivity contribution in [2.24, 2.45) is 5.14 Å². The third-order valence-electron chi connectivity index (χ3n) is 4.08. The number of primary sulfonamides is 1. The quantitative estimate of drug-likeness (QED) is 0.571. The number of aromatic nitrogens is 4. The van der Waals surface area contributed by atoms with Gasteiger partial charge in [0.2, 0.25) is 15.9 Å². The lowest BCUT2D eigenvalue weighted by atomic mass is 10.2. The Morgan fingerprint density at radius 3 is 2.78 bits per heavy atom. The molecule has 3 aromatic heterocycles. The predicted molar refractivity (Wildman–Crippen MR) is 96.3 cm³/mol. The van der Waals surface area contributed by atoms with E-state index in [2.05, 4.69) is 15.1 Å². The zero-order valence-corrected chi connectivity index (χ0v) is 14.9. The van der Waals surface area contributed by atoms with Crippen molar-refractivity contribution >= 4 is 32.0 Å². The molecule has 0 saturated carbocycles. The largest absolute Gasteiger partial charge is 0.481 e. The Hall–Kier alpha value is -3.11. The molecule has 27 heavy (non-hydrogen) atoms. The minimum absolute atomic E-state index is 0.252. The zero-order chi connectivity index (χ0) is 19.2. The van der Waals surface area contributed by atoms with Crippen molar-refractivity contribution in [2.75, 3.05) is 7.11 Å². The molecule has 0 amide bonds. The zero-order valence-electron chi connectivity index (χ0n) is 14.1. The molecule has 0 aliphatic carbocycles. The monoisotopic (exact) mass is 387 g/mol. The van der Waals surface area contributed by atoms with Crippen LogP contribution in [0.15, 0.2) is 47.6 Å². The second-order valence-corrected chi connectivity index (χ2v) is 7.45. The van der Waals surface area contributed by atoms with Crippen LogP contribution in [0.5, 0.6) is 5.88 Å². The third-order valence-corrected chi connectivity index (χ3v) is 5.02. The van der Waals surface area contributed by atoms with Crippen molar-refractivity contribution < 1.29 is 17.5 Å². The van der Waals surface area contributed by atoms with Crippen LogP contribution >= 0.6 is 0 Å². The van der Waals surface area contributed by atoms with E-state index in [-0.39, 0.29) is 6.54 Å². The summed E-state index contributed by atoms with van der Waals surface area (Å²) < 4.78 is 43.4. The van der Waals surface area contributed by atoms with Crippen LogP contribution in [0, 0.1) is 5.82 Å². The summed E-state index contributed by atoms with van der Waals surface area (Å²) in [5.74, 6) is -0.436. The molecule has 8 nitrogen and oxygen atoms in total. The molecule has 0 spiro atoms. The van der Waals surface area contributed by atoms with Crippen LogP contribution in [0.2, 0.25) is 0 Å². The molecule has 0 radical (unpaired) electrons. The van der Waals surface area contributed by atoms with Gasteiger partial charge in [0.05, 0.1) is 13.7 Å². The van der Waals surface area contributed by atoms with Crippen LogP contribution in [0.3, 0.4) is 0 Å². The number of hydrogen-bond acceptors (Lipinski definition) is 6. The number of nitrogens with two attached hydrogens (primary N) is 1. The highest BCUT2D eigenvalue weighted by atomic mass is 32.2. The first-order valence-electron chi connectivity index (χ1n) is 7.83. The molecule has 1 aromatic carbocycles. The number of hydrogen-bond donors (Lipinski definition) is 1. The van der Waals surface area contributed by atoms with Crippen molar-refractivity contribution in [3.8, 4) is 5.88 Å². The van der Waals surface area contributed by atoms with Gasteiger partial charge in [-0.15, -0.1) is 0 Å². The highest BCUT2D eigenvalue weighted by Crippen LogP contribution is 2.23. The van der Waals surface area contributed by atoms with Gasteiger partial charge in [0.25, 0.3) is 0 Å². The first kappa shape index (κ1) is 17.3. The summed E-state index contributed by atoms with van der Waals surface area (Å²) in [6.07, 6.45) is 3.43. The summed E-state index contributed by atoms with van der Waals surface area (Å²) in [4.78, 5) is 8.05. The molecule has 3 heterocycles. The first-order valence-corrected chi connectivity index (χ1v) is 9.38. The fraction of sp³-hybridized carbons (Fsp3) is 0.118. The summed E-state index contributed by atoms with van der Waals surface area (Å²) in [7, 11) is -2.57. The predicted octanol–water partition coefficient (Wildman–Crippen LogP) is 1.82. The van der Waals surface area contributed by atoms with E-state index in [1.807, 2.05) is 6.07 Å². The van der Waals surface area contributed by atoms with E-state index in [0.29, 0.717) is 22.6 Å². The van der Waals surface area contributed by atoms with Crippen molar-refractivity contribution in [3.05, 3.63) is 54.1 Å². The number of nitrogens with zero attached hydrogens (tertiary/aromatic N) is 4. The number of methoxy groups -OCH3 is 1. The molecule has 2 N–H and O–H groups in total. The van der Waals surface area contributed by atoms with Crippen molar-refractivity contribution in [1.29, 1.82) is 0 Å². The molecule has 0 unspecified atom stereocenters. The fourth-order valence-corrected chi connectivity index (χ4v) is 3.43. The summed E-state index contributed by atoms with van der Waals surface area (Å²) in [6.45, 7) is 0.252. The van der Waals surface area contributed by atoms with E-state index >= 15 is 0 Å². The van der Waals surface area contributed by atoms with Gasteiger partial charge in [-0.1, -0.05) is 6.07 Å². The molecule has 0 fully saturated rings. The molecule has 4 rings (SSSR count). The molecule has 0 bridgehead atoms. The minimum Gasteiger partial charge on any atom is -0.481 e. The summed E-state index contributed by atoms with van der Waals surface area (Å²) in [6, 6.07) is 7.33. The SMILES string of the molecule is COc1ccc2c(ncc3cn(Cc4ccc(S(N)(=O)=O)c(F)c4)nc32)n1. The van der Waals surface area contributed by atoms with Gasteiger partial charge in [-0.05, 0) is 23.8 Å². The summed E-state index contributed by atoms with van der Waals surface area (Å²) >= 11 is 0. The molecule has 10 heteroatoms. The van der Waals surface area contributed by atoms with Crippen LogP contribution in [0.25, 0.3) is 21.9 Å². The van der Waals surface area contributed by atoms with Crippen LogP contribution in [0.4, 0.5) is 4.39 Å². The van der Waals surface area contributed by atoms with Gasteiger partial charge in [-0.25, -0.2) is 22.9 Å². The van der Waals surface area contributed by atoms with E-state index < -0.39 is 20.7 Å². The first-order chi connectivity index (χ1) is 12.8. The smallest absolute Gasteiger partial charge is 0.240 e.